The van der Waals surface area contributed by atoms with Gasteiger partial charge in [0.2, 0.25) is 5.95 Å². The second kappa shape index (κ2) is 12.4. The number of aromatic nitrogens is 2. The van der Waals surface area contributed by atoms with Crippen molar-refractivity contribution in [1.82, 2.24) is 15.3 Å². The topological polar surface area (TPSA) is 110 Å². The van der Waals surface area contributed by atoms with Crippen LogP contribution in [0.25, 0.3) is 11.0 Å². The van der Waals surface area contributed by atoms with Crippen LogP contribution in [0.1, 0.15) is 46.8 Å². The number of nitrogens with zero attached hydrogens (tertiary/aromatic N) is 2. The second-order valence-corrected chi connectivity index (χ2v) is 10.8. The Hall–Kier alpha value is -4.40. The van der Waals surface area contributed by atoms with Crippen LogP contribution in [0.5, 0.6) is 0 Å². The van der Waals surface area contributed by atoms with Crippen molar-refractivity contribution in [3.63, 3.8) is 0 Å². The zero-order chi connectivity index (χ0) is 28.9. The second-order valence-electron chi connectivity index (χ2n) is 10.8. The van der Waals surface area contributed by atoms with Gasteiger partial charge in [0.05, 0.1) is 11.0 Å². The van der Waals surface area contributed by atoms with Gasteiger partial charge >= 0.3 is 5.97 Å². The first-order valence-corrected chi connectivity index (χ1v) is 14.2. The number of nitrogens with one attached hydrogen (secondary N) is 3. The number of carbonyl (C=O) groups is 2. The van der Waals surface area contributed by atoms with Crippen LogP contribution >= 0.6 is 0 Å². The molecule has 1 aliphatic heterocycles. The fraction of sp³-hybridized carbons (Fsp3) is 0.344. The number of H-pyrrole nitrogens is 1. The minimum atomic E-state index is -1.11. The smallest absolute Gasteiger partial charge is 0.326 e. The molecule has 0 saturated carbocycles. The van der Waals surface area contributed by atoms with E-state index in [2.05, 4.69) is 25.5 Å². The number of rotatable bonds is 10. The largest absolute Gasteiger partial charge is 0.480 e. The van der Waals surface area contributed by atoms with Gasteiger partial charge in [0.1, 0.15) is 11.9 Å². The summed E-state index contributed by atoms with van der Waals surface area (Å²) in [5.41, 5.74) is 5.29. The fourth-order valence-corrected chi connectivity index (χ4v) is 5.60. The minimum absolute atomic E-state index is 0.151. The molecule has 1 saturated heterocycles. The quantitative estimate of drug-likeness (QED) is 0.210. The summed E-state index contributed by atoms with van der Waals surface area (Å²) in [6, 6.07) is 17.4. The number of fused-ring (bicyclic) bond motifs is 1. The lowest BCUT2D eigenvalue weighted by Crippen LogP contribution is -2.42. The van der Waals surface area contributed by atoms with E-state index < -0.39 is 23.7 Å². The molecule has 41 heavy (non-hydrogen) atoms. The maximum absolute atomic E-state index is 13.8. The van der Waals surface area contributed by atoms with Gasteiger partial charge in [-0.25, -0.2) is 14.2 Å². The molecule has 4 aromatic rings. The van der Waals surface area contributed by atoms with E-state index >= 15 is 0 Å². The summed E-state index contributed by atoms with van der Waals surface area (Å²) in [7, 11) is 0. The first-order chi connectivity index (χ1) is 19.8. The molecule has 1 atom stereocenters. The van der Waals surface area contributed by atoms with Crippen LogP contribution in [0.3, 0.4) is 0 Å². The maximum atomic E-state index is 13.8. The first-order valence-electron chi connectivity index (χ1n) is 14.2. The Kier molecular flexibility index (Phi) is 8.52. The molecule has 3 aromatic carbocycles. The summed E-state index contributed by atoms with van der Waals surface area (Å²) in [6.07, 6.45) is 2.74. The predicted molar refractivity (Wildman–Crippen MR) is 159 cm³/mol. The van der Waals surface area contributed by atoms with Crippen molar-refractivity contribution < 1.29 is 19.1 Å². The van der Waals surface area contributed by atoms with Crippen molar-refractivity contribution in [2.45, 2.75) is 45.6 Å². The molecule has 8 nitrogen and oxygen atoms in total. The molecule has 2 heterocycles. The van der Waals surface area contributed by atoms with E-state index in [1.807, 2.05) is 55.5 Å². The summed E-state index contributed by atoms with van der Waals surface area (Å²) in [5, 5.41) is 15.9. The van der Waals surface area contributed by atoms with E-state index in [4.69, 9.17) is 0 Å². The van der Waals surface area contributed by atoms with Crippen LogP contribution in [-0.2, 0) is 17.6 Å². The summed E-state index contributed by atoms with van der Waals surface area (Å²) < 4.78 is 13.8. The van der Waals surface area contributed by atoms with Crippen molar-refractivity contribution in [2.24, 2.45) is 5.92 Å². The molecule has 0 bridgehead atoms. The third kappa shape index (κ3) is 6.67. The number of imidazole rings is 1. The van der Waals surface area contributed by atoms with Gasteiger partial charge in [-0.2, -0.15) is 0 Å². The zero-order valence-electron chi connectivity index (χ0n) is 23.4. The first kappa shape index (κ1) is 28.1. The zero-order valence-corrected chi connectivity index (χ0v) is 23.4. The third-order valence-electron chi connectivity index (χ3n) is 7.90. The Balaban J connectivity index is 1.14. The lowest BCUT2D eigenvalue weighted by Gasteiger charge is -2.33. The Morgan fingerprint density at radius 3 is 2.54 bits per heavy atom. The van der Waals surface area contributed by atoms with E-state index in [1.54, 1.807) is 6.92 Å². The van der Waals surface area contributed by atoms with Gasteiger partial charge in [-0.15, -0.1) is 0 Å². The number of hydrogen-bond acceptors (Lipinski definition) is 5. The molecule has 214 valence electrons. The monoisotopic (exact) mass is 557 g/mol. The molecular formula is C32H36FN5O3. The number of amides is 1. The number of benzene rings is 3. The van der Waals surface area contributed by atoms with Crippen LogP contribution in [0.4, 0.5) is 16.0 Å². The van der Waals surface area contributed by atoms with Crippen molar-refractivity contribution in [3.05, 3.63) is 88.7 Å². The standard InChI is InChI=1S/C32H36FN5O3/c1-3-23-18-24(33)16-20(2)29(23)30(39)35-28(31(40)41)17-21-8-10-25(11-9-21)38-14-12-22(13-15-38)19-34-32-36-26-6-4-5-7-27(26)37-32/h4-11,16,18,22,28H,3,12-15,17,19H2,1-2H3,(H,35,39)(H,40,41)(H2,34,36,37). The fourth-order valence-electron chi connectivity index (χ4n) is 5.60. The molecule has 1 fully saturated rings. The molecule has 1 aromatic heterocycles. The SMILES string of the molecule is CCc1cc(F)cc(C)c1C(=O)NC(Cc1ccc(N2CCC(CNc3nc4ccccc4[nH]3)CC2)cc1)C(=O)O. The van der Waals surface area contributed by atoms with Crippen molar-refractivity contribution in [1.29, 1.82) is 0 Å². The van der Waals surface area contributed by atoms with Gasteiger partial charge in [0.25, 0.3) is 5.91 Å². The number of para-hydroxylation sites is 2. The molecule has 4 N–H and O–H groups in total. The summed E-state index contributed by atoms with van der Waals surface area (Å²) >= 11 is 0. The Bertz CT molecular complexity index is 1490. The molecule has 1 aliphatic rings. The number of anilines is 2. The van der Waals surface area contributed by atoms with E-state index in [9.17, 15) is 19.1 Å². The number of aliphatic carboxylic acids is 1. The molecular weight excluding hydrogens is 521 g/mol. The van der Waals surface area contributed by atoms with E-state index in [0.29, 0.717) is 29.0 Å². The number of aryl methyl sites for hydroxylation is 2. The van der Waals surface area contributed by atoms with Gasteiger partial charge in [0.15, 0.2) is 0 Å². The van der Waals surface area contributed by atoms with Crippen LogP contribution in [0.15, 0.2) is 60.7 Å². The third-order valence-corrected chi connectivity index (χ3v) is 7.90. The number of halogens is 1. The highest BCUT2D eigenvalue weighted by atomic mass is 19.1. The number of carbonyl (C=O) groups excluding carboxylic acids is 1. The maximum Gasteiger partial charge on any atom is 0.326 e. The average Bonchev–Trinajstić information content (AvgIpc) is 3.39. The molecule has 1 amide bonds. The van der Waals surface area contributed by atoms with Gasteiger partial charge in [0, 0.05) is 37.3 Å². The normalized spacial score (nSPS) is 14.7. The highest BCUT2D eigenvalue weighted by Crippen LogP contribution is 2.25. The number of hydrogen-bond donors (Lipinski definition) is 4. The summed E-state index contributed by atoms with van der Waals surface area (Å²) in [6.45, 7) is 6.24. The molecule has 1 unspecified atom stereocenters. The van der Waals surface area contributed by atoms with Crippen molar-refractivity contribution >= 4 is 34.5 Å². The van der Waals surface area contributed by atoms with Crippen LogP contribution < -0.4 is 15.5 Å². The van der Waals surface area contributed by atoms with E-state index in [1.165, 1.54) is 12.1 Å². The van der Waals surface area contributed by atoms with E-state index in [0.717, 1.165) is 60.7 Å². The average molecular weight is 558 g/mol. The van der Waals surface area contributed by atoms with Gasteiger partial charge < -0.3 is 25.6 Å². The van der Waals surface area contributed by atoms with E-state index in [-0.39, 0.29) is 6.42 Å². The highest BCUT2D eigenvalue weighted by molar-refractivity contribution is 5.99. The van der Waals surface area contributed by atoms with Crippen molar-refractivity contribution in [2.75, 3.05) is 29.9 Å². The Morgan fingerprint density at radius 2 is 1.85 bits per heavy atom. The lowest BCUT2D eigenvalue weighted by atomic mass is 9.96. The van der Waals surface area contributed by atoms with Gasteiger partial charge in [-0.1, -0.05) is 31.2 Å². The number of piperidine rings is 1. The Morgan fingerprint density at radius 1 is 1.12 bits per heavy atom. The molecule has 5 rings (SSSR count). The number of aromatic amines is 1. The van der Waals surface area contributed by atoms with Crippen LogP contribution in [0.2, 0.25) is 0 Å². The molecule has 0 radical (unpaired) electrons. The van der Waals surface area contributed by atoms with Crippen LogP contribution in [-0.4, -0.2) is 52.6 Å². The highest BCUT2D eigenvalue weighted by Gasteiger charge is 2.24. The predicted octanol–water partition coefficient (Wildman–Crippen LogP) is 5.33. The summed E-state index contributed by atoms with van der Waals surface area (Å²) in [4.78, 5) is 35.3. The number of carboxylic acids is 1. The lowest BCUT2D eigenvalue weighted by molar-refractivity contribution is -0.139. The van der Waals surface area contributed by atoms with Crippen LogP contribution in [0, 0.1) is 18.7 Å². The van der Waals surface area contributed by atoms with Gasteiger partial charge in [-0.3, -0.25) is 4.79 Å². The molecule has 0 aliphatic carbocycles. The number of carboxylic acid groups (broad SMARTS) is 1. The Labute approximate surface area is 239 Å². The summed E-state index contributed by atoms with van der Waals surface area (Å²) in [5.74, 6) is -0.663. The molecule has 0 spiro atoms. The van der Waals surface area contributed by atoms with Gasteiger partial charge in [-0.05, 0) is 85.2 Å². The minimum Gasteiger partial charge on any atom is -0.480 e. The molecule has 9 heteroatoms. The van der Waals surface area contributed by atoms with Crippen molar-refractivity contribution in [3.8, 4) is 0 Å².